The predicted octanol–water partition coefficient (Wildman–Crippen LogP) is 5.63. The maximum Gasteiger partial charge on any atom is 0.344 e. The van der Waals surface area contributed by atoms with E-state index in [1.807, 2.05) is 53.4 Å². The first kappa shape index (κ1) is 22.1. The van der Waals surface area contributed by atoms with Gasteiger partial charge in [0.05, 0.1) is 12.7 Å². The Morgan fingerprint density at radius 3 is 2.27 bits per heavy atom. The summed E-state index contributed by atoms with van der Waals surface area (Å²) >= 11 is 0. The maximum absolute atomic E-state index is 11.0. The zero-order chi connectivity index (χ0) is 23.0. The molecule has 33 heavy (non-hydrogen) atoms. The molecule has 0 amide bonds. The van der Waals surface area contributed by atoms with Gasteiger partial charge in [-0.15, -0.1) is 0 Å². The number of carboxylic acids is 1. The number of hydrogen-bond donors (Lipinski definition) is 1. The van der Waals surface area contributed by atoms with Crippen LogP contribution in [0, 0.1) is 0 Å². The fraction of sp³-hybridized carbons (Fsp3) is 0.143. The Labute approximate surface area is 193 Å². The van der Waals surface area contributed by atoms with Crippen molar-refractivity contribution >= 4 is 12.0 Å². The first-order valence-corrected chi connectivity index (χ1v) is 10.9. The third-order valence-electron chi connectivity index (χ3n) is 5.37. The molecule has 0 radical (unpaired) electrons. The normalized spacial score (nSPS) is 12.2. The molecule has 1 N–H and O–H groups in total. The molecule has 0 bridgehead atoms. The van der Waals surface area contributed by atoms with Crippen LogP contribution in [0.1, 0.15) is 35.1 Å². The molecule has 0 aliphatic heterocycles. The fourth-order valence-electron chi connectivity index (χ4n) is 3.74. The lowest BCUT2D eigenvalue weighted by Gasteiger charge is -2.16. The Hall–Kier alpha value is -4.12. The molecule has 4 rings (SSSR count). The number of benzene rings is 3. The van der Waals surface area contributed by atoms with Gasteiger partial charge in [-0.1, -0.05) is 84.9 Å². The number of hydrogen-bond acceptors (Lipinski definition) is 3. The van der Waals surface area contributed by atoms with E-state index in [0.717, 1.165) is 11.1 Å². The van der Waals surface area contributed by atoms with Crippen LogP contribution in [0.15, 0.2) is 103 Å². The van der Waals surface area contributed by atoms with Gasteiger partial charge in [0.1, 0.15) is 5.75 Å². The molecule has 1 unspecified atom stereocenters. The minimum atomic E-state index is -0.991. The van der Waals surface area contributed by atoms with Crippen LogP contribution < -0.4 is 4.74 Å². The van der Waals surface area contributed by atoms with Gasteiger partial charge in [-0.05, 0) is 35.7 Å². The van der Waals surface area contributed by atoms with Crippen molar-refractivity contribution in [2.24, 2.45) is 0 Å². The number of carboxylic acid groups (broad SMARTS) is 1. The average molecular weight is 439 g/mol. The highest BCUT2D eigenvalue weighted by Crippen LogP contribution is 2.31. The Balaban J connectivity index is 1.48. The van der Waals surface area contributed by atoms with Crippen LogP contribution >= 0.6 is 0 Å². The van der Waals surface area contributed by atoms with Crippen LogP contribution in [0.3, 0.4) is 0 Å². The Kier molecular flexibility index (Phi) is 7.00. The summed E-state index contributed by atoms with van der Waals surface area (Å²) in [7, 11) is 0. The second-order valence-electron chi connectivity index (χ2n) is 7.82. The maximum atomic E-state index is 11.0. The van der Waals surface area contributed by atoms with Crippen molar-refractivity contribution in [3.8, 4) is 5.75 Å². The summed E-state index contributed by atoms with van der Waals surface area (Å²) in [6, 6.07) is 28.3. The molecular formula is C28H26N2O3. The highest BCUT2D eigenvalue weighted by Gasteiger charge is 2.18. The summed E-state index contributed by atoms with van der Waals surface area (Å²) in [6.07, 6.45) is 7.12. The van der Waals surface area contributed by atoms with E-state index in [4.69, 9.17) is 9.84 Å². The van der Waals surface area contributed by atoms with Crippen molar-refractivity contribution in [2.75, 3.05) is 0 Å². The number of carbonyl (C=O) groups is 1. The van der Waals surface area contributed by atoms with Gasteiger partial charge in [0, 0.05) is 17.7 Å². The van der Waals surface area contributed by atoms with Crippen LogP contribution in [-0.4, -0.2) is 27.0 Å². The second-order valence-corrected chi connectivity index (χ2v) is 7.82. The Bertz CT molecular complexity index is 1180. The molecule has 0 spiro atoms. The van der Waals surface area contributed by atoms with E-state index < -0.39 is 12.1 Å². The Morgan fingerprint density at radius 1 is 0.970 bits per heavy atom. The average Bonchev–Trinajstić information content (AvgIpc) is 3.29. The largest absolute Gasteiger partial charge is 0.479 e. The summed E-state index contributed by atoms with van der Waals surface area (Å²) in [4.78, 5) is 11.0. The molecule has 0 fully saturated rings. The predicted molar refractivity (Wildman–Crippen MR) is 129 cm³/mol. The van der Waals surface area contributed by atoms with E-state index in [1.54, 1.807) is 6.07 Å². The highest BCUT2D eigenvalue weighted by molar-refractivity contribution is 5.72. The van der Waals surface area contributed by atoms with E-state index in [-0.39, 0.29) is 5.92 Å². The molecule has 5 heteroatoms. The zero-order valence-corrected chi connectivity index (χ0v) is 18.4. The van der Waals surface area contributed by atoms with Gasteiger partial charge in [-0.2, -0.15) is 5.10 Å². The monoisotopic (exact) mass is 438 g/mol. The first-order valence-electron chi connectivity index (χ1n) is 10.9. The van der Waals surface area contributed by atoms with Crippen molar-refractivity contribution in [1.82, 2.24) is 9.78 Å². The van der Waals surface area contributed by atoms with E-state index >= 15 is 0 Å². The lowest BCUT2D eigenvalue weighted by atomic mass is 9.87. The van der Waals surface area contributed by atoms with E-state index in [0.29, 0.717) is 12.3 Å². The number of ether oxygens (including phenoxy) is 1. The third-order valence-corrected chi connectivity index (χ3v) is 5.37. The smallest absolute Gasteiger partial charge is 0.344 e. The van der Waals surface area contributed by atoms with Crippen LogP contribution in [-0.2, 0) is 11.3 Å². The molecule has 0 saturated heterocycles. The van der Waals surface area contributed by atoms with Gasteiger partial charge < -0.3 is 9.84 Å². The van der Waals surface area contributed by atoms with Crippen LogP contribution in [0.5, 0.6) is 5.75 Å². The first-order chi connectivity index (χ1) is 16.1. The van der Waals surface area contributed by atoms with Gasteiger partial charge in [-0.3, -0.25) is 4.68 Å². The minimum Gasteiger partial charge on any atom is -0.479 e. The molecule has 1 aromatic heterocycles. The third kappa shape index (κ3) is 5.77. The van der Waals surface area contributed by atoms with Crippen LogP contribution in [0.4, 0.5) is 0 Å². The van der Waals surface area contributed by atoms with Gasteiger partial charge >= 0.3 is 5.97 Å². The summed E-state index contributed by atoms with van der Waals surface area (Å²) < 4.78 is 7.36. The lowest BCUT2D eigenvalue weighted by molar-refractivity contribution is -0.144. The van der Waals surface area contributed by atoms with Gasteiger partial charge in [0.2, 0.25) is 0 Å². The summed E-state index contributed by atoms with van der Waals surface area (Å²) in [5.74, 6) is -0.341. The standard InChI is InChI=1S/C28H26N2O3/c1-21(28(31)32)33-26-16-8-10-22(18-26)11-9-17-30-20-25(19-29-30)27(23-12-4-2-5-13-23)24-14-6-3-7-15-24/h2-16,18-21,27H,17H2,1H3,(H,31,32). The summed E-state index contributed by atoms with van der Waals surface area (Å²) in [6.45, 7) is 2.13. The number of nitrogens with zero attached hydrogens (tertiary/aromatic N) is 2. The van der Waals surface area contributed by atoms with Crippen molar-refractivity contribution in [2.45, 2.75) is 25.5 Å². The molecular weight excluding hydrogens is 412 g/mol. The molecule has 1 heterocycles. The van der Waals surface area contributed by atoms with E-state index in [9.17, 15) is 4.79 Å². The van der Waals surface area contributed by atoms with Crippen molar-refractivity contribution in [3.63, 3.8) is 0 Å². The second kappa shape index (κ2) is 10.5. The SMILES string of the molecule is CC(Oc1cccc(C=CCn2cc(C(c3ccccc3)c3ccccc3)cn2)c1)C(=O)O. The number of allylic oxidation sites excluding steroid dienone is 1. The fourth-order valence-corrected chi connectivity index (χ4v) is 3.74. The van der Waals surface area contributed by atoms with E-state index in [2.05, 4.69) is 59.8 Å². The topological polar surface area (TPSA) is 64.4 Å². The van der Waals surface area contributed by atoms with Crippen LogP contribution in [0.2, 0.25) is 0 Å². The highest BCUT2D eigenvalue weighted by atomic mass is 16.5. The van der Waals surface area contributed by atoms with Crippen molar-refractivity contribution < 1.29 is 14.6 Å². The molecule has 0 aliphatic rings. The minimum absolute atomic E-state index is 0.121. The van der Waals surface area contributed by atoms with Gasteiger partial charge in [0.15, 0.2) is 6.10 Å². The molecule has 4 aromatic rings. The molecule has 0 aliphatic carbocycles. The summed E-state index contributed by atoms with van der Waals surface area (Å²) in [5, 5.41) is 13.6. The molecule has 1 atom stereocenters. The van der Waals surface area contributed by atoms with E-state index in [1.165, 1.54) is 18.1 Å². The molecule has 5 nitrogen and oxygen atoms in total. The number of aromatic nitrogens is 2. The number of rotatable bonds is 9. The van der Waals surface area contributed by atoms with Crippen molar-refractivity contribution in [1.29, 1.82) is 0 Å². The van der Waals surface area contributed by atoms with Crippen molar-refractivity contribution in [3.05, 3.63) is 126 Å². The molecule has 3 aromatic carbocycles. The zero-order valence-electron chi connectivity index (χ0n) is 18.4. The molecule has 0 saturated carbocycles. The van der Waals surface area contributed by atoms with Crippen LogP contribution in [0.25, 0.3) is 6.08 Å². The Morgan fingerprint density at radius 2 is 1.64 bits per heavy atom. The van der Waals surface area contributed by atoms with Gasteiger partial charge in [0.25, 0.3) is 0 Å². The molecule has 166 valence electrons. The van der Waals surface area contributed by atoms with Gasteiger partial charge in [-0.25, -0.2) is 4.79 Å². The number of aliphatic carboxylic acids is 1. The lowest BCUT2D eigenvalue weighted by Crippen LogP contribution is -2.22. The summed E-state index contributed by atoms with van der Waals surface area (Å²) in [5.41, 5.74) is 4.53. The quantitative estimate of drug-likeness (QED) is 0.368.